The molecule has 0 aliphatic rings. The highest BCUT2D eigenvalue weighted by molar-refractivity contribution is 5.34. The minimum Gasteiger partial charge on any atom is -0.395 e. The second-order valence-corrected chi connectivity index (χ2v) is 6.38. The van der Waals surface area contributed by atoms with Gasteiger partial charge in [-0.2, -0.15) is 5.26 Å². The first-order valence-corrected chi connectivity index (χ1v) is 6.83. The quantitative estimate of drug-likeness (QED) is 0.870. The first-order chi connectivity index (χ1) is 9.26. The molecule has 0 saturated carbocycles. The highest BCUT2D eigenvalue weighted by Crippen LogP contribution is 2.24. The zero-order valence-electron chi connectivity index (χ0n) is 12.6. The summed E-state index contributed by atoms with van der Waals surface area (Å²) in [7, 11) is 0. The fourth-order valence-corrected chi connectivity index (χ4v) is 2.31. The normalized spacial score (nSPS) is 14.7. The Morgan fingerprint density at radius 3 is 2.50 bits per heavy atom. The topological polar surface area (TPSA) is 56.0 Å². The van der Waals surface area contributed by atoms with E-state index in [0.29, 0.717) is 11.1 Å². The summed E-state index contributed by atoms with van der Waals surface area (Å²) in [4.78, 5) is 0. The Morgan fingerprint density at radius 2 is 2.05 bits per heavy atom. The Morgan fingerprint density at radius 1 is 1.40 bits per heavy atom. The van der Waals surface area contributed by atoms with Crippen LogP contribution in [-0.4, -0.2) is 17.8 Å². The first kappa shape index (κ1) is 16.6. The van der Waals surface area contributed by atoms with Gasteiger partial charge in [-0.25, -0.2) is 4.39 Å². The Labute approximate surface area is 120 Å². The summed E-state index contributed by atoms with van der Waals surface area (Å²) in [6.45, 7) is 8.17. The van der Waals surface area contributed by atoms with Crippen molar-refractivity contribution in [1.82, 2.24) is 5.32 Å². The van der Waals surface area contributed by atoms with Crippen LogP contribution in [-0.2, 0) is 0 Å². The number of nitrogens with one attached hydrogen (secondary N) is 1. The van der Waals surface area contributed by atoms with E-state index in [1.807, 2.05) is 13.0 Å². The minimum atomic E-state index is -0.392. The van der Waals surface area contributed by atoms with Crippen molar-refractivity contribution >= 4 is 0 Å². The molecule has 0 amide bonds. The van der Waals surface area contributed by atoms with Gasteiger partial charge in [-0.05, 0) is 30.9 Å². The van der Waals surface area contributed by atoms with Crippen molar-refractivity contribution in [3.8, 4) is 6.07 Å². The van der Waals surface area contributed by atoms with Gasteiger partial charge in [0, 0.05) is 17.6 Å². The standard InChI is InChI=1S/C16H23FN2O/c1-11(19-13(10-20)8-16(2,3)4)14-6-5-12(9-18)7-15(14)17/h5-7,11,13,19-20H,8,10H2,1-4H3. The smallest absolute Gasteiger partial charge is 0.129 e. The monoisotopic (exact) mass is 278 g/mol. The highest BCUT2D eigenvalue weighted by Gasteiger charge is 2.21. The molecule has 1 aromatic rings. The van der Waals surface area contributed by atoms with Gasteiger partial charge in [-0.1, -0.05) is 26.8 Å². The molecular formula is C16H23FN2O. The van der Waals surface area contributed by atoms with Crippen LogP contribution in [0.2, 0.25) is 0 Å². The van der Waals surface area contributed by atoms with Crippen molar-refractivity contribution in [3.63, 3.8) is 0 Å². The summed E-state index contributed by atoms with van der Waals surface area (Å²) in [5, 5.41) is 21.4. The fourth-order valence-electron chi connectivity index (χ4n) is 2.31. The van der Waals surface area contributed by atoms with Crippen molar-refractivity contribution in [1.29, 1.82) is 5.26 Å². The van der Waals surface area contributed by atoms with E-state index in [2.05, 4.69) is 26.1 Å². The first-order valence-electron chi connectivity index (χ1n) is 6.83. The molecule has 1 aromatic carbocycles. The summed E-state index contributed by atoms with van der Waals surface area (Å²) in [5.41, 5.74) is 0.909. The van der Waals surface area contributed by atoms with Gasteiger partial charge in [0.2, 0.25) is 0 Å². The van der Waals surface area contributed by atoms with E-state index < -0.39 is 5.82 Å². The number of benzene rings is 1. The van der Waals surface area contributed by atoms with E-state index in [1.54, 1.807) is 12.1 Å². The molecule has 0 fully saturated rings. The summed E-state index contributed by atoms with van der Waals surface area (Å²) in [6, 6.07) is 6.08. The maximum absolute atomic E-state index is 13.9. The molecule has 0 bridgehead atoms. The third kappa shape index (κ3) is 4.92. The van der Waals surface area contributed by atoms with Gasteiger partial charge in [0.1, 0.15) is 5.82 Å². The maximum atomic E-state index is 13.9. The molecule has 20 heavy (non-hydrogen) atoms. The average molecular weight is 278 g/mol. The van der Waals surface area contributed by atoms with Crippen LogP contribution >= 0.6 is 0 Å². The molecule has 0 aliphatic carbocycles. The Balaban J connectivity index is 2.79. The third-order valence-corrected chi connectivity index (χ3v) is 3.16. The van der Waals surface area contributed by atoms with Crippen molar-refractivity contribution in [2.24, 2.45) is 5.41 Å². The lowest BCUT2D eigenvalue weighted by atomic mass is 9.88. The van der Waals surface area contributed by atoms with Gasteiger partial charge in [-0.3, -0.25) is 0 Å². The molecule has 0 heterocycles. The average Bonchev–Trinajstić information content (AvgIpc) is 2.35. The molecular weight excluding hydrogens is 255 g/mol. The van der Waals surface area contributed by atoms with Gasteiger partial charge in [0.25, 0.3) is 0 Å². The van der Waals surface area contributed by atoms with E-state index in [0.717, 1.165) is 6.42 Å². The van der Waals surface area contributed by atoms with Crippen LogP contribution in [0.4, 0.5) is 4.39 Å². The molecule has 4 heteroatoms. The van der Waals surface area contributed by atoms with Crippen molar-refractivity contribution in [2.75, 3.05) is 6.61 Å². The van der Waals surface area contributed by atoms with Crippen molar-refractivity contribution < 1.29 is 9.50 Å². The number of nitrogens with zero attached hydrogens (tertiary/aromatic N) is 1. The molecule has 2 unspecified atom stereocenters. The van der Waals surface area contributed by atoms with Crippen LogP contribution in [0.25, 0.3) is 0 Å². The predicted octanol–water partition coefficient (Wildman–Crippen LogP) is 3.15. The molecule has 0 aromatic heterocycles. The summed E-state index contributed by atoms with van der Waals surface area (Å²) < 4.78 is 13.9. The molecule has 2 N–H and O–H groups in total. The van der Waals surface area contributed by atoms with Crippen LogP contribution in [0.3, 0.4) is 0 Å². The summed E-state index contributed by atoms with van der Waals surface area (Å²) in [5.74, 6) is -0.392. The molecule has 1 rings (SSSR count). The number of nitriles is 1. The lowest BCUT2D eigenvalue weighted by Gasteiger charge is -2.28. The highest BCUT2D eigenvalue weighted by atomic mass is 19.1. The largest absolute Gasteiger partial charge is 0.395 e. The summed E-state index contributed by atoms with van der Waals surface area (Å²) >= 11 is 0. The van der Waals surface area contributed by atoms with Gasteiger partial charge in [-0.15, -0.1) is 0 Å². The van der Waals surface area contributed by atoms with Crippen LogP contribution in [0.15, 0.2) is 18.2 Å². The SMILES string of the molecule is CC(NC(CO)CC(C)(C)C)c1ccc(C#N)cc1F. The zero-order chi connectivity index (χ0) is 15.3. The van der Waals surface area contributed by atoms with E-state index in [-0.39, 0.29) is 24.1 Å². The van der Waals surface area contributed by atoms with Crippen LogP contribution < -0.4 is 5.32 Å². The van der Waals surface area contributed by atoms with E-state index in [9.17, 15) is 9.50 Å². The van der Waals surface area contributed by atoms with Crippen LogP contribution in [0, 0.1) is 22.6 Å². The lowest BCUT2D eigenvalue weighted by molar-refractivity contribution is 0.190. The van der Waals surface area contributed by atoms with E-state index in [1.165, 1.54) is 6.07 Å². The number of aliphatic hydroxyl groups excluding tert-OH is 1. The Bertz CT molecular complexity index is 488. The van der Waals surface area contributed by atoms with Crippen molar-refractivity contribution in [3.05, 3.63) is 35.1 Å². The molecule has 110 valence electrons. The van der Waals surface area contributed by atoms with Gasteiger partial charge >= 0.3 is 0 Å². The molecule has 2 atom stereocenters. The number of rotatable bonds is 5. The van der Waals surface area contributed by atoms with Gasteiger partial charge in [0.05, 0.1) is 18.2 Å². The molecule has 0 spiro atoms. The molecule has 3 nitrogen and oxygen atoms in total. The predicted molar refractivity (Wildman–Crippen MR) is 77.6 cm³/mol. The number of hydrogen-bond acceptors (Lipinski definition) is 3. The molecule has 0 radical (unpaired) electrons. The van der Waals surface area contributed by atoms with E-state index in [4.69, 9.17) is 5.26 Å². The Hall–Kier alpha value is -1.44. The van der Waals surface area contributed by atoms with E-state index >= 15 is 0 Å². The fraction of sp³-hybridized carbons (Fsp3) is 0.562. The van der Waals surface area contributed by atoms with Gasteiger partial charge in [0.15, 0.2) is 0 Å². The Kier molecular flexibility index (Phi) is 5.67. The van der Waals surface area contributed by atoms with Crippen molar-refractivity contribution in [2.45, 2.75) is 46.2 Å². The molecule has 0 saturated heterocycles. The van der Waals surface area contributed by atoms with Gasteiger partial charge < -0.3 is 10.4 Å². The van der Waals surface area contributed by atoms with Crippen LogP contribution in [0.1, 0.15) is 51.3 Å². The summed E-state index contributed by atoms with van der Waals surface area (Å²) in [6.07, 6.45) is 0.797. The number of halogens is 1. The maximum Gasteiger partial charge on any atom is 0.129 e. The molecule has 0 aliphatic heterocycles. The van der Waals surface area contributed by atoms with Crippen LogP contribution in [0.5, 0.6) is 0 Å². The zero-order valence-corrected chi connectivity index (χ0v) is 12.6. The third-order valence-electron chi connectivity index (χ3n) is 3.16. The number of hydrogen-bond donors (Lipinski definition) is 2. The minimum absolute atomic E-state index is 0.0134. The second kappa shape index (κ2) is 6.83. The lowest BCUT2D eigenvalue weighted by Crippen LogP contribution is -2.37. The second-order valence-electron chi connectivity index (χ2n) is 6.38. The number of aliphatic hydroxyl groups is 1.